The summed E-state index contributed by atoms with van der Waals surface area (Å²) >= 11 is 1.81. The number of nitrogens with one attached hydrogen (secondary N) is 1. The number of benzene rings is 1. The molecule has 0 aliphatic carbocycles. The highest BCUT2D eigenvalue weighted by atomic mass is 32.2. The molecule has 4 nitrogen and oxygen atoms in total. The summed E-state index contributed by atoms with van der Waals surface area (Å²) < 4.78 is 2.08. The first kappa shape index (κ1) is 15.0. The van der Waals surface area contributed by atoms with E-state index in [-0.39, 0.29) is 11.4 Å². The lowest BCUT2D eigenvalue weighted by atomic mass is 10.1. The molecule has 2 heterocycles. The summed E-state index contributed by atoms with van der Waals surface area (Å²) in [5.74, 6) is 0.970. The van der Waals surface area contributed by atoms with Gasteiger partial charge in [-0.05, 0) is 36.2 Å². The zero-order chi connectivity index (χ0) is 15.5. The number of carbonyl (C=O) groups is 1. The summed E-state index contributed by atoms with van der Waals surface area (Å²) in [5.41, 5.74) is 3.29. The molecule has 1 fully saturated rings. The molecule has 0 bridgehead atoms. The molecule has 1 aliphatic rings. The van der Waals surface area contributed by atoms with Crippen LogP contribution in [-0.2, 0) is 13.5 Å². The molecule has 1 aromatic carbocycles. The lowest BCUT2D eigenvalue weighted by Gasteiger charge is -2.24. The van der Waals surface area contributed by atoms with Crippen LogP contribution in [-0.4, -0.2) is 27.8 Å². The van der Waals surface area contributed by atoms with Crippen LogP contribution in [0.4, 0.5) is 10.5 Å². The Kier molecular flexibility index (Phi) is 4.43. The maximum absolute atomic E-state index is 12.6. The minimum absolute atomic E-state index is 0.0274. The normalized spacial score (nSPS) is 17.7. The largest absolute Gasteiger partial charge is 0.352 e. The smallest absolute Gasteiger partial charge is 0.323 e. The minimum atomic E-state index is -0.0274. The van der Waals surface area contributed by atoms with Crippen LogP contribution in [0.2, 0.25) is 0 Å². The van der Waals surface area contributed by atoms with E-state index in [1.165, 1.54) is 11.3 Å². The number of aromatic nitrogens is 1. The second-order valence-electron chi connectivity index (χ2n) is 5.44. The molecule has 0 saturated carbocycles. The van der Waals surface area contributed by atoms with Crippen LogP contribution in [0.1, 0.15) is 23.6 Å². The number of hydrogen-bond acceptors (Lipinski definition) is 2. The molecule has 1 aliphatic heterocycles. The van der Waals surface area contributed by atoms with Crippen molar-refractivity contribution in [2.75, 3.05) is 17.6 Å². The van der Waals surface area contributed by atoms with E-state index in [2.05, 4.69) is 35.0 Å². The molecule has 1 atom stereocenters. The zero-order valence-electron chi connectivity index (χ0n) is 13.0. The molecule has 1 unspecified atom stereocenters. The molecule has 1 saturated heterocycles. The average molecular weight is 315 g/mol. The first-order chi connectivity index (χ1) is 10.7. The highest BCUT2D eigenvalue weighted by molar-refractivity contribution is 7.99. The maximum atomic E-state index is 12.6. The van der Waals surface area contributed by atoms with Gasteiger partial charge in [-0.2, -0.15) is 0 Å². The third kappa shape index (κ3) is 2.99. The summed E-state index contributed by atoms with van der Waals surface area (Å²) in [6.07, 6.45) is 3.03. The van der Waals surface area contributed by atoms with Gasteiger partial charge in [0.05, 0.1) is 5.69 Å². The highest BCUT2D eigenvalue weighted by Gasteiger charge is 2.32. The van der Waals surface area contributed by atoms with E-state index in [9.17, 15) is 4.79 Å². The summed E-state index contributed by atoms with van der Waals surface area (Å²) in [5, 5.41) is 3.10. The third-order valence-electron chi connectivity index (χ3n) is 4.00. The molecule has 0 radical (unpaired) electrons. The Bertz CT molecular complexity index is 650. The van der Waals surface area contributed by atoms with Gasteiger partial charge in [-0.25, -0.2) is 4.79 Å². The molecule has 2 aromatic rings. The summed E-state index contributed by atoms with van der Waals surface area (Å²) in [6, 6.07) is 12.1. The number of aryl methyl sites for hydroxylation is 2. The fourth-order valence-electron chi connectivity index (χ4n) is 2.67. The Balaban J connectivity index is 1.72. The van der Waals surface area contributed by atoms with E-state index in [1.54, 1.807) is 0 Å². The summed E-state index contributed by atoms with van der Waals surface area (Å²) in [7, 11) is 2.02. The monoisotopic (exact) mass is 315 g/mol. The summed E-state index contributed by atoms with van der Waals surface area (Å²) in [6.45, 7) is 2.90. The molecular formula is C17H21N3OS. The van der Waals surface area contributed by atoms with Crippen molar-refractivity contribution in [1.29, 1.82) is 0 Å². The predicted molar refractivity (Wildman–Crippen MR) is 92.2 cm³/mol. The van der Waals surface area contributed by atoms with Crippen LogP contribution in [0.15, 0.2) is 42.6 Å². The molecule has 2 amide bonds. The Morgan fingerprint density at radius 3 is 2.73 bits per heavy atom. The van der Waals surface area contributed by atoms with E-state index in [1.807, 2.05) is 48.1 Å². The number of rotatable bonds is 3. The van der Waals surface area contributed by atoms with Crippen LogP contribution in [0.25, 0.3) is 0 Å². The van der Waals surface area contributed by atoms with Crippen LogP contribution in [0.5, 0.6) is 0 Å². The van der Waals surface area contributed by atoms with E-state index in [0.29, 0.717) is 0 Å². The van der Waals surface area contributed by atoms with Crippen molar-refractivity contribution in [3.63, 3.8) is 0 Å². The number of urea groups is 1. The number of carbonyl (C=O) groups excluding carboxylic acids is 1. The second kappa shape index (κ2) is 6.48. The van der Waals surface area contributed by atoms with Crippen molar-refractivity contribution in [3.05, 3.63) is 53.9 Å². The Morgan fingerprint density at radius 1 is 1.32 bits per heavy atom. The highest BCUT2D eigenvalue weighted by Crippen LogP contribution is 2.38. The van der Waals surface area contributed by atoms with Crippen molar-refractivity contribution >= 4 is 23.5 Å². The lowest BCUT2D eigenvalue weighted by Crippen LogP contribution is -2.34. The van der Waals surface area contributed by atoms with Crippen molar-refractivity contribution in [1.82, 2.24) is 9.47 Å². The molecule has 0 spiro atoms. The maximum Gasteiger partial charge on any atom is 0.323 e. The molecule has 5 heteroatoms. The number of nitrogens with zero attached hydrogens (tertiary/aromatic N) is 2. The van der Waals surface area contributed by atoms with E-state index >= 15 is 0 Å². The van der Waals surface area contributed by atoms with Crippen LogP contribution in [0.3, 0.4) is 0 Å². The summed E-state index contributed by atoms with van der Waals surface area (Å²) in [4.78, 5) is 14.5. The van der Waals surface area contributed by atoms with Crippen LogP contribution >= 0.6 is 11.8 Å². The van der Waals surface area contributed by atoms with Gasteiger partial charge in [-0.1, -0.05) is 19.1 Å². The minimum Gasteiger partial charge on any atom is -0.352 e. The number of anilines is 1. The van der Waals surface area contributed by atoms with Crippen molar-refractivity contribution in [2.45, 2.75) is 18.7 Å². The van der Waals surface area contributed by atoms with Crippen molar-refractivity contribution in [3.8, 4) is 0 Å². The second-order valence-corrected chi connectivity index (χ2v) is 6.63. The standard InChI is InChI=1S/C17H21N3OS/c1-3-13-6-8-14(9-7-13)18-17(21)20-11-12-22-16(20)15-5-4-10-19(15)2/h4-10,16H,3,11-12H2,1-2H3,(H,18,21). The van der Waals surface area contributed by atoms with Crippen molar-refractivity contribution in [2.24, 2.45) is 7.05 Å². The van der Waals surface area contributed by atoms with E-state index in [0.717, 1.165) is 24.4 Å². The number of thioether (sulfide) groups is 1. The predicted octanol–water partition coefficient (Wildman–Crippen LogP) is 3.87. The van der Waals surface area contributed by atoms with Gasteiger partial charge < -0.3 is 14.8 Å². The van der Waals surface area contributed by atoms with Crippen molar-refractivity contribution < 1.29 is 4.79 Å². The zero-order valence-corrected chi connectivity index (χ0v) is 13.8. The fraction of sp³-hybridized carbons (Fsp3) is 0.353. The molecule has 22 heavy (non-hydrogen) atoms. The van der Waals surface area contributed by atoms with Gasteiger partial charge in [0.1, 0.15) is 5.37 Å². The van der Waals surface area contributed by atoms with Gasteiger partial charge in [0.25, 0.3) is 0 Å². The quantitative estimate of drug-likeness (QED) is 0.933. The van der Waals surface area contributed by atoms with E-state index < -0.39 is 0 Å². The first-order valence-electron chi connectivity index (χ1n) is 7.58. The molecule has 3 rings (SSSR count). The molecular weight excluding hydrogens is 294 g/mol. The Labute approximate surface area is 135 Å². The average Bonchev–Trinajstić information content (AvgIpc) is 3.16. The molecule has 116 valence electrons. The van der Waals surface area contributed by atoms with Gasteiger partial charge in [-0.15, -0.1) is 11.8 Å². The third-order valence-corrected chi connectivity index (χ3v) is 5.23. The van der Waals surface area contributed by atoms with Crippen LogP contribution in [0, 0.1) is 0 Å². The van der Waals surface area contributed by atoms with Crippen LogP contribution < -0.4 is 5.32 Å². The Morgan fingerprint density at radius 2 is 2.09 bits per heavy atom. The first-order valence-corrected chi connectivity index (χ1v) is 8.63. The molecule has 1 aromatic heterocycles. The lowest BCUT2D eigenvalue weighted by molar-refractivity contribution is 0.213. The van der Waals surface area contributed by atoms with E-state index in [4.69, 9.17) is 0 Å². The molecule has 1 N–H and O–H groups in total. The van der Waals surface area contributed by atoms with Gasteiger partial charge >= 0.3 is 6.03 Å². The van der Waals surface area contributed by atoms with Gasteiger partial charge in [0.2, 0.25) is 0 Å². The van der Waals surface area contributed by atoms with Gasteiger partial charge in [0, 0.05) is 31.2 Å². The Hall–Kier alpha value is -1.88. The number of amides is 2. The number of hydrogen-bond donors (Lipinski definition) is 1. The van der Waals surface area contributed by atoms with Gasteiger partial charge in [-0.3, -0.25) is 0 Å². The fourth-order valence-corrected chi connectivity index (χ4v) is 3.99. The SMILES string of the molecule is CCc1ccc(NC(=O)N2CCSC2c2cccn2C)cc1. The van der Waals surface area contributed by atoms with Gasteiger partial charge in [0.15, 0.2) is 0 Å². The topological polar surface area (TPSA) is 37.3 Å².